The molecule has 0 spiro atoms. The lowest BCUT2D eigenvalue weighted by atomic mass is 9.77. The minimum absolute atomic E-state index is 0.223. The topological polar surface area (TPSA) is 117 Å². The summed E-state index contributed by atoms with van der Waals surface area (Å²) in [6, 6.07) is 11.3. The van der Waals surface area contributed by atoms with Gasteiger partial charge in [0.1, 0.15) is 4.70 Å². The Hall–Kier alpha value is -2.43. The van der Waals surface area contributed by atoms with Gasteiger partial charge in [0, 0.05) is 46.9 Å². The molecule has 14 heteroatoms. The summed E-state index contributed by atoms with van der Waals surface area (Å²) in [6.07, 6.45) is 14.6. The summed E-state index contributed by atoms with van der Waals surface area (Å²) in [5.41, 5.74) is 5.65. The third-order valence-corrected chi connectivity index (χ3v) is 13.3. The SMILES string of the molecule is CCN1/C(=C/C2=CC3=C/C(=C/c4sc5ccc(SOOC)cc5[n+]4CCCS(=O)(=O)[O-])CCC3CC2)Sc2ccc(S(C)(=O)=O)cc21. The smallest absolute Gasteiger partial charge is 0.263 e. The summed E-state index contributed by atoms with van der Waals surface area (Å²) >= 11 is 4.41. The number of hydrogen-bond acceptors (Lipinski definition) is 11. The van der Waals surface area contributed by atoms with Crippen LogP contribution in [-0.2, 0) is 35.7 Å². The van der Waals surface area contributed by atoms with E-state index >= 15 is 0 Å². The lowest BCUT2D eigenvalue weighted by Gasteiger charge is -2.28. The van der Waals surface area contributed by atoms with E-state index in [1.807, 2.05) is 24.3 Å². The van der Waals surface area contributed by atoms with Crippen LogP contribution in [0, 0.1) is 5.92 Å². The van der Waals surface area contributed by atoms with E-state index in [0.29, 0.717) is 17.4 Å². The van der Waals surface area contributed by atoms with E-state index in [0.717, 1.165) is 80.0 Å². The number of hydrogen-bond donors (Lipinski definition) is 0. The van der Waals surface area contributed by atoms with Crippen LogP contribution in [0.4, 0.5) is 5.69 Å². The predicted molar refractivity (Wildman–Crippen MR) is 188 cm³/mol. The molecule has 0 bridgehead atoms. The number of fused-ring (bicyclic) bond motifs is 3. The zero-order valence-electron chi connectivity index (χ0n) is 26.3. The Morgan fingerprint density at radius 2 is 1.89 bits per heavy atom. The van der Waals surface area contributed by atoms with Crippen molar-refractivity contribution in [3.8, 4) is 0 Å². The summed E-state index contributed by atoms with van der Waals surface area (Å²) in [6.45, 7) is 3.21. The van der Waals surface area contributed by atoms with Crippen molar-refractivity contribution in [3.05, 3.63) is 81.4 Å². The number of allylic oxidation sites excluding steroid dienone is 6. The van der Waals surface area contributed by atoms with Gasteiger partial charge in [0.15, 0.2) is 16.4 Å². The molecule has 1 atom stereocenters. The predicted octanol–water partition coefficient (Wildman–Crippen LogP) is 7.03. The van der Waals surface area contributed by atoms with E-state index in [9.17, 15) is 21.4 Å². The van der Waals surface area contributed by atoms with Crippen LogP contribution < -0.4 is 9.47 Å². The lowest BCUT2D eigenvalue weighted by molar-refractivity contribution is -0.668. The van der Waals surface area contributed by atoms with Gasteiger partial charge >= 0.3 is 0 Å². The maximum Gasteiger partial charge on any atom is 0.263 e. The van der Waals surface area contributed by atoms with Crippen LogP contribution in [-0.4, -0.2) is 47.1 Å². The van der Waals surface area contributed by atoms with E-state index in [4.69, 9.17) is 9.22 Å². The molecule has 0 N–H and O–H groups in total. The third kappa shape index (κ3) is 8.07. The third-order valence-electron chi connectivity index (χ3n) is 8.48. The molecule has 9 nitrogen and oxygen atoms in total. The van der Waals surface area contributed by atoms with Crippen molar-refractivity contribution in [2.24, 2.45) is 5.92 Å². The standard InChI is InChI=1S/C33H36N2O7S5/c1-4-34-29-21-27(46(3,36)37)11-13-31(29)43-32(34)18-22-6-8-24-9-7-23(17-25(24)16-22)19-33-35(14-5-15-47(38,39)40)28-20-26(45-42-41-2)10-12-30(28)44-33/h10-13,16-21,24H,4-9,14-15H2,1-3H3. The summed E-state index contributed by atoms with van der Waals surface area (Å²) in [7, 11) is -6.17. The first-order valence-electron chi connectivity index (χ1n) is 15.3. The van der Waals surface area contributed by atoms with E-state index in [-0.39, 0.29) is 6.42 Å². The van der Waals surface area contributed by atoms with Crippen molar-refractivity contribution in [2.75, 3.05) is 30.6 Å². The molecule has 3 aromatic rings. The normalized spacial score (nSPS) is 20.1. The molecule has 3 aliphatic rings. The van der Waals surface area contributed by atoms with Gasteiger partial charge in [-0.15, -0.1) is 0 Å². The van der Waals surface area contributed by atoms with Crippen LogP contribution in [0.3, 0.4) is 0 Å². The fourth-order valence-corrected chi connectivity index (χ4v) is 10.1. The molecule has 0 amide bonds. The van der Waals surface area contributed by atoms with Crippen LogP contribution in [0.2, 0.25) is 0 Å². The molecule has 2 aliphatic carbocycles. The molecule has 250 valence electrons. The number of aryl methyl sites for hydroxylation is 1. The zero-order chi connectivity index (χ0) is 33.3. The van der Waals surface area contributed by atoms with Crippen LogP contribution in [0.5, 0.6) is 0 Å². The quantitative estimate of drug-likeness (QED) is 0.0669. The highest BCUT2D eigenvalue weighted by molar-refractivity contribution is 8.03. The molecular weight excluding hydrogens is 697 g/mol. The van der Waals surface area contributed by atoms with E-state index < -0.39 is 25.7 Å². The molecule has 47 heavy (non-hydrogen) atoms. The lowest BCUT2D eigenvalue weighted by Crippen LogP contribution is -2.36. The van der Waals surface area contributed by atoms with Crippen molar-refractivity contribution < 1.29 is 35.2 Å². The maximum absolute atomic E-state index is 12.2. The molecular formula is C33H36N2O7S5. The highest BCUT2D eigenvalue weighted by Crippen LogP contribution is 2.48. The molecule has 6 rings (SSSR count). The number of thioether (sulfide) groups is 1. The largest absolute Gasteiger partial charge is 0.748 e. The molecule has 0 fully saturated rings. The van der Waals surface area contributed by atoms with Crippen molar-refractivity contribution in [1.29, 1.82) is 0 Å². The molecule has 0 saturated carbocycles. The van der Waals surface area contributed by atoms with Gasteiger partial charge in [0.05, 0.1) is 44.9 Å². The van der Waals surface area contributed by atoms with Gasteiger partial charge in [0.25, 0.3) is 5.01 Å². The average Bonchev–Trinajstić information content (AvgIpc) is 3.54. The van der Waals surface area contributed by atoms with Gasteiger partial charge in [-0.25, -0.2) is 21.7 Å². The van der Waals surface area contributed by atoms with Crippen molar-refractivity contribution in [1.82, 2.24) is 0 Å². The van der Waals surface area contributed by atoms with E-state index in [1.54, 1.807) is 35.2 Å². The van der Waals surface area contributed by atoms with Gasteiger partial charge < -0.3 is 9.45 Å². The average molecular weight is 733 g/mol. The molecule has 1 aliphatic heterocycles. The first kappa shape index (κ1) is 34.4. The highest BCUT2D eigenvalue weighted by atomic mass is 32.2. The molecule has 0 saturated heterocycles. The minimum atomic E-state index is -4.31. The van der Waals surface area contributed by atoms with Gasteiger partial charge in [-0.2, -0.15) is 8.90 Å². The van der Waals surface area contributed by atoms with Crippen LogP contribution in [0.15, 0.2) is 91.1 Å². The van der Waals surface area contributed by atoms with Gasteiger partial charge in [-0.1, -0.05) is 35.3 Å². The Morgan fingerprint density at radius 1 is 1.09 bits per heavy atom. The highest BCUT2D eigenvalue weighted by Gasteiger charge is 2.28. The van der Waals surface area contributed by atoms with Gasteiger partial charge in [-0.05, 0) is 91.7 Å². The number of benzene rings is 2. The minimum Gasteiger partial charge on any atom is -0.748 e. The van der Waals surface area contributed by atoms with Gasteiger partial charge in [0.2, 0.25) is 5.52 Å². The number of sulfone groups is 1. The second-order valence-electron chi connectivity index (χ2n) is 11.7. The zero-order valence-corrected chi connectivity index (χ0v) is 30.4. The van der Waals surface area contributed by atoms with Crippen molar-refractivity contribution in [3.63, 3.8) is 0 Å². The number of thiazole rings is 1. The molecule has 0 radical (unpaired) electrons. The summed E-state index contributed by atoms with van der Waals surface area (Å²) in [5.74, 6) is 0.0839. The van der Waals surface area contributed by atoms with Crippen LogP contribution in [0.1, 0.15) is 44.0 Å². The number of anilines is 1. The van der Waals surface area contributed by atoms with Crippen LogP contribution in [0.25, 0.3) is 16.3 Å². The monoisotopic (exact) mass is 732 g/mol. The first-order valence-corrected chi connectivity index (χ1v) is 21.2. The molecule has 2 aromatic carbocycles. The molecule has 1 unspecified atom stereocenters. The Bertz CT molecular complexity index is 2050. The Kier molecular flexibility index (Phi) is 10.4. The molecule has 1 aromatic heterocycles. The van der Waals surface area contributed by atoms with E-state index in [2.05, 4.69) is 40.7 Å². The maximum atomic E-state index is 12.2. The second kappa shape index (κ2) is 14.2. The number of nitrogens with zero attached hydrogens (tertiary/aromatic N) is 2. The fourth-order valence-electron chi connectivity index (χ4n) is 6.24. The van der Waals surface area contributed by atoms with E-state index in [1.165, 1.54) is 30.1 Å². The number of aromatic nitrogens is 1. The van der Waals surface area contributed by atoms with Gasteiger partial charge in [-0.3, -0.25) is 0 Å². The Balaban J connectivity index is 1.30. The van der Waals surface area contributed by atoms with Crippen molar-refractivity contribution >= 4 is 77.1 Å². The van der Waals surface area contributed by atoms with Crippen molar-refractivity contribution in [2.45, 2.75) is 60.3 Å². The van der Waals surface area contributed by atoms with Crippen LogP contribution >= 0.6 is 35.1 Å². The Morgan fingerprint density at radius 3 is 2.64 bits per heavy atom. The number of rotatable bonds is 11. The summed E-state index contributed by atoms with van der Waals surface area (Å²) < 4.78 is 66.6. The first-order chi connectivity index (χ1) is 22.4. The Labute approximate surface area is 288 Å². The summed E-state index contributed by atoms with van der Waals surface area (Å²) in [5, 5.41) is 2.10. The fraction of sp³-hybridized carbons (Fsp3) is 0.364. The second-order valence-corrected chi connectivity index (χ2v) is 18.2. The summed E-state index contributed by atoms with van der Waals surface area (Å²) in [4.78, 5) is 9.16. The molecule has 2 heterocycles.